The third kappa shape index (κ3) is 4.25. The highest BCUT2D eigenvalue weighted by Crippen LogP contribution is 2.41. The van der Waals surface area contributed by atoms with E-state index in [1.54, 1.807) is 56.0 Å². The van der Waals surface area contributed by atoms with Gasteiger partial charge in [0.1, 0.15) is 11.6 Å². The molecule has 0 spiro atoms. The molecule has 1 unspecified atom stereocenters. The Balaban J connectivity index is 1.87. The number of hydrogen-bond donors (Lipinski definition) is 1. The third-order valence-electron chi connectivity index (χ3n) is 5.99. The van der Waals surface area contributed by atoms with E-state index in [1.807, 2.05) is 26.0 Å². The van der Waals surface area contributed by atoms with E-state index in [0.29, 0.717) is 16.5 Å². The largest absolute Gasteiger partial charge is 0.497 e. The molecule has 0 radical (unpaired) electrons. The highest BCUT2D eigenvalue weighted by atomic mass is 32.2. The fourth-order valence-electron chi connectivity index (χ4n) is 4.21. The van der Waals surface area contributed by atoms with Crippen molar-refractivity contribution in [2.45, 2.75) is 24.7 Å². The number of rotatable bonds is 5. The Morgan fingerprint density at radius 1 is 1.06 bits per heavy atom. The number of aromatic amines is 1. The fraction of sp³-hybridized carbons (Fsp3) is 0.185. The molecule has 178 valence electrons. The average Bonchev–Trinajstić information content (AvgIpc) is 3.31. The molecule has 1 atom stereocenters. The molecule has 0 bridgehead atoms. The molecule has 1 N–H and O–H groups in total. The molecular weight excluding hydrogens is 463 g/mol. The van der Waals surface area contributed by atoms with Crippen molar-refractivity contribution in [2.75, 3.05) is 13.4 Å². The number of nitrogens with zero attached hydrogens (tertiary/aromatic N) is 3. The number of nitrogens with one attached hydrogen (secondary N) is 1. The molecule has 0 amide bonds. The highest BCUT2D eigenvalue weighted by molar-refractivity contribution is 7.93. The maximum atomic E-state index is 13.8. The minimum atomic E-state index is -2.85. The van der Waals surface area contributed by atoms with Gasteiger partial charge in [-0.2, -0.15) is 9.46 Å². The molecule has 3 aromatic carbocycles. The van der Waals surface area contributed by atoms with Gasteiger partial charge in [0.15, 0.2) is 5.82 Å². The summed E-state index contributed by atoms with van der Waals surface area (Å²) in [7, 11) is -1.27. The van der Waals surface area contributed by atoms with E-state index in [4.69, 9.17) is 14.1 Å². The van der Waals surface area contributed by atoms with Crippen LogP contribution in [0.3, 0.4) is 0 Å². The molecule has 0 saturated carbocycles. The van der Waals surface area contributed by atoms with Crippen LogP contribution in [0.4, 0.5) is 10.2 Å². The van der Waals surface area contributed by atoms with Crippen LogP contribution in [0.15, 0.2) is 76.1 Å². The number of aromatic nitrogens is 3. The number of fused-ring (bicyclic) bond motifs is 2. The van der Waals surface area contributed by atoms with Gasteiger partial charge in [0, 0.05) is 22.6 Å². The standard InChI is InChI=1S/C27H25FN4O2S/c1-16(2)26-25(17-8-10-19(28)11-9-17)22-12-18-15-29-31-24(18)14-23(22)27(30-26)32-35(4,33)21-7-5-6-20(13-21)34-3/h5-16H,1-4H3,(H,29,31). The van der Waals surface area contributed by atoms with Gasteiger partial charge in [0.25, 0.3) is 0 Å². The monoisotopic (exact) mass is 488 g/mol. The third-order valence-corrected chi connectivity index (χ3v) is 7.64. The van der Waals surface area contributed by atoms with Crippen LogP contribution in [-0.2, 0) is 9.73 Å². The molecule has 2 aromatic heterocycles. The van der Waals surface area contributed by atoms with E-state index in [9.17, 15) is 8.60 Å². The molecule has 5 aromatic rings. The van der Waals surface area contributed by atoms with E-state index >= 15 is 0 Å². The number of halogens is 1. The second-order valence-electron chi connectivity index (χ2n) is 8.79. The second kappa shape index (κ2) is 8.78. The van der Waals surface area contributed by atoms with Crippen LogP contribution in [0.1, 0.15) is 25.5 Å². The van der Waals surface area contributed by atoms with E-state index in [2.05, 4.69) is 10.2 Å². The first-order chi connectivity index (χ1) is 16.8. The Hall–Kier alpha value is -3.78. The summed E-state index contributed by atoms with van der Waals surface area (Å²) in [4.78, 5) is 5.50. The number of H-pyrrole nitrogens is 1. The van der Waals surface area contributed by atoms with Gasteiger partial charge in [-0.3, -0.25) is 5.10 Å². The summed E-state index contributed by atoms with van der Waals surface area (Å²) in [5, 5.41) is 9.73. The number of methoxy groups -OCH3 is 1. The summed E-state index contributed by atoms with van der Waals surface area (Å²) in [6, 6.07) is 17.5. The van der Waals surface area contributed by atoms with Crippen LogP contribution in [-0.4, -0.2) is 32.8 Å². The normalized spacial score (nSPS) is 13.3. The summed E-state index contributed by atoms with van der Waals surface area (Å²) in [6.07, 6.45) is 3.36. The Morgan fingerprint density at radius 2 is 1.83 bits per heavy atom. The lowest BCUT2D eigenvalue weighted by atomic mass is 9.92. The Morgan fingerprint density at radius 3 is 2.54 bits per heavy atom. The average molecular weight is 489 g/mol. The van der Waals surface area contributed by atoms with Crippen LogP contribution in [0.2, 0.25) is 0 Å². The van der Waals surface area contributed by atoms with Gasteiger partial charge in [0.05, 0.1) is 39.1 Å². The Kier molecular flexibility index (Phi) is 5.76. The Labute approximate surface area is 203 Å². The lowest BCUT2D eigenvalue weighted by Gasteiger charge is -2.18. The van der Waals surface area contributed by atoms with Gasteiger partial charge >= 0.3 is 0 Å². The van der Waals surface area contributed by atoms with Crippen molar-refractivity contribution < 1.29 is 13.3 Å². The summed E-state index contributed by atoms with van der Waals surface area (Å²) in [6.45, 7) is 4.10. The van der Waals surface area contributed by atoms with Crippen LogP contribution in [0, 0.1) is 5.82 Å². The number of hydrogen-bond acceptors (Lipinski definition) is 5. The van der Waals surface area contributed by atoms with Crippen molar-refractivity contribution in [2.24, 2.45) is 4.36 Å². The first-order valence-electron chi connectivity index (χ1n) is 11.2. The zero-order valence-corrected chi connectivity index (χ0v) is 20.7. The highest BCUT2D eigenvalue weighted by Gasteiger charge is 2.20. The topological polar surface area (TPSA) is 80.2 Å². The minimum Gasteiger partial charge on any atom is -0.497 e. The lowest BCUT2D eigenvalue weighted by molar-refractivity contribution is 0.413. The van der Waals surface area contributed by atoms with Gasteiger partial charge in [-0.15, -0.1) is 0 Å². The van der Waals surface area contributed by atoms with Crippen molar-refractivity contribution in [3.8, 4) is 16.9 Å². The maximum absolute atomic E-state index is 13.8. The molecule has 0 fully saturated rings. The van der Waals surface area contributed by atoms with Crippen molar-refractivity contribution in [3.63, 3.8) is 0 Å². The first-order valence-corrected chi connectivity index (χ1v) is 13.1. The molecular formula is C27H25FN4O2S. The van der Waals surface area contributed by atoms with Crippen LogP contribution in [0.25, 0.3) is 32.8 Å². The SMILES string of the molecule is COc1cccc(S(C)(=O)=Nc2nc(C(C)C)c(-c3ccc(F)cc3)c3cc4cn[nH]c4cc23)c1. The predicted octanol–water partition coefficient (Wildman–Crippen LogP) is 6.84. The molecule has 0 saturated heterocycles. The fourth-order valence-corrected chi connectivity index (χ4v) is 5.45. The maximum Gasteiger partial charge on any atom is 0.170 e. The molecule has 35 heavy (non-hydrogen) atoms. The quantitative estimate of drug-likeness (QED) is 0.294. The summed E-state index contributed by atoms with van der Waals surface area (Å²) in [5.41, 5.74) is 3.38. The molecule has 8 heteroatoms. The van der Waals surface area contributed by atoms with E-state index in [-0.39, 0.29) is 11.7 Å². The van der Waals surface area contributed by atoms with Gasteiger partial charge < -0.3 is 4.74 Å². The lowest BCUT2D eigenvalue weighted by Crippen LogP contribution is -2.02. The van der Waals surface area contributed by atoms with Gasteiger partial charge in [-0.05, 0) is 59.3 Å². The predicted molar refractivity (Wildman–Crippen MR) is 138 cm³/mol. The van der Waals surface area contributed by atoms with Gasteiger partial charge in [0.2, 0.25) is 0 Å². The number of pyridine rings is 1. The molecule has 2 heterocycles. The Bertz CT molecular complexity index is 1680. The second-order valence-corrected chi connectivity index (χ2v) is 11.0. The molecule has 0 aliphatic heterocycles. The van der Waals surface area contributed by atoms with Gasteiger partial charge in [-0.25, -0.2) is 13.6 Å². The smallest absolute Gasteiger partial charge is 0.170 e. The van der Waals surface area contributed by atoms with E-state index in [0.717, 1.165) is 38.5 Å². The number of benzene rings is 3. The van der Waals surface area contributed by atoms with Crippen LogP contribution >= 0.6 is 0 Å². The van der Waals surface area contributed by atoms with E-state index in [1.165, 1.54) is 12.1 Å². The van der Waals surface area contributed by atoms with Crippen molar-refractivity contribution in [1.29, 1.82) is 0 Å². The van der Waals surface area contributed by atoms with Crippen molar-refractivity contribution >= 4 is 37.2 Å². The molecule has 0 aliphatic rings. The van der Waals surface area contributed by atoms with Crippen molar-refractivity contribution in [1.82, 2.24) is 15.2 Å². The van der Waals surface area contributed by atoms with E-state index < -0.39 is 9.73 Å². The molecule has 0 aliphatic carbocycles. The van der Waals surface area contributed by atoms with Crippen LogP contribution < -0.4 is 4.74 Å². The summed E-state index contributed by atoms with van der Waals surface area (Å²) < 4.78 is 37.6. The van der Waals surface area contributed by atoms with Crippen molar-refractivity contribution in [3.05, 3.63) is 78.4 Å². The van der Waals surface area contributed by atoms with Gasteiger partial charge in [-0.1, -0.05) is 32.0 Å². The summed E-state index contributed by atoms with van der Waals surface area (Å²) in [5.74, 6) is 0.739. The number of ether oxygens (including phenoxy) is 1. The molecule has 6 nitrogen and oxygen atoms in total. The molecule has 5 rings (SSSR count). The zero-order valence-electron chi connectivity index (χ0n) is 19.9. The minimum absolute atomic E-state index is 0.0400. The first kappa shape index (κ1) is 23.0. The zero-order chi connectivity index (χ0) is 24.7. The summed E-state index contributed by atoms with van der Waals surface area (Å²) >= 11 is 0. The van der Waals surface area contributed by atoms with Crippen LogP contribution in [0.5, 0.6) is 5.75 Å².